The molecule has 18 heavy (non-hydrogen) atoms. The van der Waals surface area contributed by atoms with E-state index in [4.69, 9.17) is 12.2 Å². The van der Waals surface area contributed by atoms with Crippen molar-refractivity contribution in [1.29, 1.82) is 0 Å². The molecule has 0 fully saturated rings. The molecule has 3 nitrogen and oxygen atoms in total. The molecule has 0 atom stereocenters. The van der Waals surface area contributed by atoms with Crippen LogP contribution in [0.2, 0.25) is 0 Å². The van der Waals surface area contributed by atoms with E-state index in [1.54, 1.807) is 6.21 Å². The molecule has 0 radical (unpaired) electrons. The van der Waals surface area contributed by atoms with Crippen LogP contribution in [0, 0.1) is 0 Å². The van der Waals surface area contributed by atoms with Gasteiger partial charge in [-0.25, -0.2) is 0 Å². The van der Waals surface area contributed by atoms with E-state index in [-0.39, 0.29) is 0 Å². The van der Waals surface area contributed by atoms with Gasteiger partial charge in [0.15, 0.2) is 5.11 Å². The summed E-state index contributed by atoms with van der Waals surface area (Å²) in [6, 6.07) is 10.1. The minimum absolute atomic E-state index is 0.563. The number of hydrogen-bond donors (Lipinski definition) is 2. The van der Waals surface area contributed by atoms with Crippen molar-refractivity contribution in [3.8, 4) is 0 Å². The summed E-state index contributed by atoms with van der Waals surface area (Å²) in [6.45, 7) is 3.03. The summed E-state index contributed by atoms with van der Waals surface area (Å²) in [4.78, 5) is 0. The Balaban J connectivity index is 2.21. The molecule has 2 N–H and O–H groups in total. The van der Waals surface area contributed by atoms with E-state index in [1.807, 2.05) is 42.5 Å². The molecule has 4 heteroatoms. The highest BCUT2D eigenvalue weighted by atomic mass is 32.1. The van der Waals surface area contributed by atoms with E-state index in [0.717, 1.165) is 24.9 Å². The Labute approximate surface area is 114 Å². The quantitative estimate of drug-likeness (QED) is 0.358. The smallest absolute Gasteiger partial charge is 0.186 e. The molecule has 0 aliphatic rings. The Hall–Kier alpha value is -1.68. The maximum absolute atomic E-state index is 5.05. The van der Waals surface area contributed by atoms with Gasteiger partial charge in [-0.15, -0.1) is 0 Å². The molecule has 1 rings (SSSR count). The van der Waals surface area contributed by atoms with Gasteiger partial charge in [0.05, 0.1) is 0 Å². The van der Waals surface area contributed by atoms with Crippen molar-refractivity contribution < 1.29 is 0 Å². The first-order chi connectivity index (χ1) is 8.83. The molecule has 0 aliphatic heterocycles. The predicted molar refractivity (Wildman–Crippen MR) is 82.6 cm³/mol. The fraction of sp³-hybridized carbons (Fsp3) is 0.286. The molecule has 0 saturated heterocycles. The third kappa shape index (κ3) is 6.81. The first-order valence-corrected chi connectivity index (χ1v) is 6.52. The molecule has 0 unspecified atom stereocenters. The normalized spacial score (nSPS) is 10.9. The number of nitrogens with one attached hydrogen (secondary N) is 2. The summed E-state index contributed by atoms with van der Waals surface area (Å²) in [5, 5.41) is 7.64. The lowest BCUT2D eigenvalue weighted by Gasteiger charge is -2.04. The summed E-state index contributed by atoms with van der Waals surface area (Å²) in [5.41, 5.74) is 3.91. The third-order valence-electron chi connectivity index (χ3n) is 2.23. The highest BCUT2D eigenvalue weighted by Crippen LogP contribution is 1.99. The lowest BCUT2D eigenvalue weighted by Crippen LogP contribution is -2.32. The highest BCUT2D eigenvalue weighted by Gasteiger charge is 1.89. The van der Waals surface area contributed by atoms with Crippen molar-refractivity contribution in [2.75, 3.05) is 6.54 Å². The maximum Gasteiger partial charge on any atom is 0.186 e. The van der Waals surface area contributed by atoms with Gasteiger partial charge >= 0.3 is 0 Å². The molecule has 0 bridgehead atoms. The fourth-order valence-corrected chi connectivity index (χ4v) is 1.43. The van der Waals surface area contributed by atoms with E-state index in [0.29, 0.717) is 5.11 Å². The van der Waals surface area contributed by atoms with Crippen LogP contribution in [-0.4, -0.2) is 17.9 Å². The van der Waals surface area contributed by atoms with Gasteiger partial charge in [0.25, 0.3) is 0 Å². The second-order valence-corrected chi connectivity index (χ2v) is 4.18. The Bertz CT molecular complexity index is 399. The molecule has 0 amide bonds. The number of rotatable bonds is 6. The van der Waals surface area contributed by atoms with Crippen LogP contribution in [0.5, 0.6) is 0 Å². The SMILES string of the molecule is CCCCNC(=S)N/N=C\C=C\c1ccccc1. The molecule has 0 spiro atoms. The topological polar surface area (TPSA) is 36.4 Å². The molecule has 1 aromatic rings. The van der Waals surface area contributed by atoms with Gasteiger partial charge in [0.1, 0.15) is 0 Å². The van der Waals surface area contributed by atoms with Crippen LogP contribution in [0.4, 0.5) is 0 Å². The number of allylic oxidation sites excluding steroid dienone is 1. The van der Waals surface area contributed by atoms with Gasteiger partial charge < -0.3 is 5.32 Å². The first-order valence-electron chi connectivity index (χ1n) is 6.11. The molecule has 0 aliphatic carbocycles. The van der Waals surface area contributed by atoms with Crippen LogP contribution in [0.1, 0.15) is 25.3 Å². The van der Waals surface area contributed by atoms with Crippen molar-refractivity contribution in [2.24, 2.45) is 5.10 Å². The van der Waals surface area contributed by atoms with Gasteiger partial charge in [0, 0.05) is 12.8 Å². The Morgan fingerprint density at radius 2 is 2.11 bits per heavy atom. The second kappa shape index (κ2) is 9.36. The minimum atomic E-state index is 0.563. The van der Waals surface area contributed by atoms with Gasteiger partial charge in [-0.1, -0.05) is 49.8 Å². The Kier molecular flexibility index (Phi) is 7.48. The molecule has 96 valence electrons. The number of benzene rings is 1. The maximum atomic E-state index is 5.05. The fourth-order valence-electron chi connectivity index (χ4n) is 1.28. The van der Waals surface area contributed by atoms with Crippen LogP contribution >= 0.6 is 12.2 Å². The standard InChI is InChI=1S/C14H19N3S/c1-2-3-11-15-14(18)17-16-12-7-10-13-8-5-4-6-9-13/h4-10,12H,2-3,11H2,1H3,(H2,15,17,18)/b10-7+,16-12-. The summed E-state index contributed by atoms with van der Waals surface area (Å²) in [7, 11) is 0. The van der Waals surface area contributed by atoms with E-state index in [9.17, 15) is 0 Å². The van der Waals surface area contributed by atoms with Crippen LogP contribution in [0.25, 0.3) is 6.08 Å². The summed E-state index contributed by atoms with van der Waals surface area (Å²) >= 11 is 5.05. The monoisotopic (exact) mass is 261 g/mol. The minimum Gasteiger partial charge on any atom is -0.361 e. The molecule has 0 aromatic heterocycles. The Morgan fingerprint density at radius 3 is 2.83 bits per heavy atom. The second-order valence-electron chi connectivity index (χ2n) is 3.77. The Morgan fingerprint density at radius 1 is 1.33 bits per heavy atom. The molecule has 0 saturated carbocycles. The molecule has 0 heterocycles. The van der Waals surface area contributed by atoms with Crippen LogP contribution in [-0.2, 0) is 0 Å². The van der Waals surface area contributed by atoms with Crippen LogP contribution < -0.4 is 10.7 Å². The van der Waals surface area contributed by atoms with Gasteiger partial charge in [-0.3, -0.25) is 5.43 Å². The number of nitrogens with zero attached hydrogens (tertiary/aromatic N) is 1. The zero-order valence-electron chi connectivity index (χ0n) is 10.6. The highest BCUT2D eigenvalue weighted by molar-refractivity contribution is 7.80. The number of unbranched alkanes of at least 4 members (excludes halogenated alkanes) is 1. The van der Waals surface area contributed by atoms with Crippen LogP contribution in [0.15, 0.2) is 41.5 Å². The predicted octanol–water partition coefficient (Wildman–Crippen LogP) is 2.95. The zero-order valence-corrected chi connectivity index (χ0v) is 11.4. The van der Waals surface area contributed by atoms with Gasteiger partial charge in [-0.2, -0.15) is 5.10 Å². The molecular weight excluding hydrogens is 242 g/mol. The molecule has 1 aromatic carbocycles. The summed E-state index contributed by atoms with van der Waals surface area (Å²) < 4.78 is 0. The van der Waals surface area contributed by atoms with Crippen molar-refractivity contribution in [3.05, 3.63) is 42.0 Å². The van der Waals surface area contributed by atoms with E-state index in [2.05, 4.69) is 22.8 Å². The van der Waals surface area contributed by atoms with Crippen LogP contribution in [0.3, 0.4) is 0 Å². The summed E-state index contributed by atoms with van der Waals surface area (Å²) in [6.07, 6.45) is 7.80. The largest absolute Gasteiger partial charge is 0.361 e. The van der Waals surface area contributed by atoms with Gasteiger partial charge in [-0.05, 0) is 30.3 Å². The number of hydrogen-bond acceptors (Lipinski definition) is 2. The van der Waals surface area contributed by atoms with Crippen molar-refractivity contribution in [2.45, 2.75) is 19.8 Å². The van der Waals surface area contributed by atoms with Crippen molar-refractivity contribution in [3.63, 3.8) is 0 Å². The lowest BCUT2D eigenvalue weighted by atomic mass is 10.2. The average Bonchev–Trinajstić information content (AvgIpc) is 2.40. The zero-order chi connectivity index (χ0) is 13.1. The third-order valence-corrected chi connectivity index (χ3v) is 2.47. The molecular formula is C14H19N3S. The average molecular weight is 261 g/mol. The van der Waals surface area contributed by atoms with Crippen molar-refractivity contribution >= 4 is 29.6 Å². The lowest BCUT2D eigenvalue weighted by molar-refractivity contribution is 0.745. The van der Waals surface area contributed by atoms with Gasteiger partial charge in [0.2, 0.25) is 0 Å². The van der Waals surface area contributed by atoms with Crippen molar-refractivity contribution in [1.82, 2.24) is 10.7 Å². The van der Waals surface area contributed by atoms with E-state index >= 15 is 0 Å². The number of hydrazone groups is 1. The van der Waals surface area contributed by atoms with E-state index in [1.165, 1.54) is 0 Å². The van der Waals surface area contributed by atoms with E-state index < -0.39 is 0 Å². The first kappa shape index (κ1) is 14.4. The number of thiocarbonyl (C=S) groups is 1. The summed E-state index contributed by atoms with van der Waals surface area (Å²) in [5.74, 6) is 0.